The van der Waals surface area contributed by atoms with Crippen LogP contribution >= 0.6 is 23.2 Å². The molecule has 2 aromatic carbocycles. The summed E-state index contributed by atoms with van der Waals surface area (Å²) in [5.74, 6) is 0.499. The van der Waals surface area contributed by atoms with Gasteiger partial charge in [-0.15, -0.1) is 0 Å². The Kier molecular flexibility index (Phi) is 6.09. The van der Waals surface area contributed by atoms with Gasteiger partial charge in [-0.3, -0.25) is 9.78 Å². The number of carbonyl (C=O) groups is 1. The molecule has 2 aliphatic carbocycles. The molecule has 1 amide bonds. The first kappa shape index (κ1) is 22.6. The van der Waals surface area contributed by atoms with Crippen molar-refractivity contribution < 1.29 is 9.18 Å². The van der Waals surface area contributed by atoms with Gasteiger partial charge in [-0.2, -0.15) is 0 Å². The van der Waals surface area contributed by atoms with Gasteiger partial charge in [0.1, 0.15) is 5.82 Å². The lowest BCUT2D eigenvalue weighted by molar-refractivity contribution is -0.127. The number of nitrogens with zero attached hydrogens (tertiary/aromatic N) is 1. The van der Waals surface area contributed by atoms with Crippen molar-refractivity contribution in [2.45, 2.75) is 56.9 Å². The molecule has 3 nitrogen and oxygen atoms in total. The maximum Gasteiger partial charge on any atom is 0.223 e. The van der Waals surface area contributed by atoms with Gasteiger partial charge < -0.3 is 5.32 Å². The SMILES string of the molecule is C[C@@H](C(=O)NC1(c2ccc(Cl)cc2Cl)CC1)[C@H]1CC[C@@H](c2ccnc3ccc(F)cc32)CC1. The lowest BCUT2D eigenvalue weighted by Crippen LogP contribution is -2.41. The van der Waals surface area contributed by atoms with Crippen LogP contribution in [0, 0.1) is 17.7 Å². The molecule has 6 heteroatoms. The van der Waals surface area contributed by atoms with Crippen molar-refractivity contribution in [2.24, 2.45) is 11.8 Å². The highest BCUT2D eigenvalue weighted by Crippen LogP contribution is 2.49. The molecule has 0 radical (unpaired) electrons. The first-order valence-corrected chi connectivity index (χ1v) is 12.4. The van der Waals surface area contributed by atoms with Crippen LogP contribution in [0.5, 0.6) is 0 Å². The minimum absolute atomic E-state index is 0.0684. The van der Waals surface area contributed by atoms with E-state index in [9.17, 15) is 9.18 Å². The number of fused-ring (bicyclic) bond motifs is 1. The molecule has 2 aliphatic rings. The second kappa shape index (κ2) is 8.88. The number of pyridine rings is 1. The first-order chi connectivity index (χ1) is 15.9. The highest BCUT2D eigenvalue weighted by molar-refractivity contribution is 6.35. The van der Waals surface area contributed by atoms with E-state index in [1.165, 1.54) is 11.6 Å². The molecule has 2 saturated carbocycles. The predicted octanol–water partition coefficient (Wildman–Crippen LogP) is 7.40. The molecule has 0 saturated heterocycles. The fraction of sp³-hybridized carbons (Fsp3) is 0.407. The van der Waals surface area contributed by atoms with Gasteiger partial charge in [0.15, 0.2) is 0 Å². The van der Waals surface area contributed by atoms with Gasteiger partial charge >= 0.3 is 0 Å². The fourth-order valence-corrected chi connectivity index (χ4v) is 6.04. The number of amides is 1. The van der Waals surface area contributed by atoms with Crippen LogP contribution in [-0.2, 0) is 10.3 Å². The van der Waals surface area contributed by atoms with Crippen molar-refractivity contribution in [2.75, 3.05) is 0 Å². The molecular weight excluding hydrogens is 458 g/mol. The van der Waals surface area contributed by atoms with E-state index in [-0.39, 0.29) is 23.2 Å². The average molecular weight is 485 g/mol. The summed E-state index contributed by atoms with van der Waals surface area (Å²) in [4.78, 5) is 17.6. The second-order valence-electron chi connectivity index (χ2n) is 9.66. The van der Waals surface area contributed by atoms with Gasteiger partial charge in [0.2, 0.25) is 5.91 Å². The van der Waals surface area contributed by atoms with Crippen molar-refractivity contribution in [3.05, 3.63) is 75.7 Å². The van der Waals surface area contributed by atoms with E-state index in [0.29, 0.717) is 21.9 Å². The maximum atomic E-state index is 13.9. The average Bonchev–Trinajstić information content (AvgIpc) is 3.58. The van der Waals surface area contributed by atoms with Gasteiger partial charge in [-0.1, -0.05) is 36.2 Å². The third kappa shape index (κ3) is 4.48. The molecule has 5 rings (SSSR count). The molecule has 0 unspecified atom stereocenters. The van der Waals surface area contributed by atoms with Gasteiger partial charge in [-0.25, -0.2) is 4.39 Å². The first-order valence-electron chi connectivity index (χ1n) is 11.7. The van der Waals surface area contributed by atoms with Gasteiger partial charge in [0.25, 0.3) is 0 Å². The van der Waals surface area contributed by atoms with Crippen molar-refractivity contribution in [3.8, 4) is 0 Å². The summed E-state index contributed by atoms with van der Waals surface area (Å²) in [6.45, 7) is 2.04. The largest absolute Gasteiger partial charge is 0.346 e. The summed E-state index contributed by atoms with van der Waals surface area (Å²) in [7, 11) is 0. The topological polar surface area (TPSA) is 42.0 Å². The summed E-state index contributed by atoms with van der Waals surface area (Å²) in [6, 6.07) is 12.3. The van der Waals surface area contributed by atoms with Crippen LogP contribution < -0.4 is 5.32 Å². The van der Waals surface area contributed by atoms with Crippen molar-refractivity contribution in [3.63, 3.8) is 0 Å². The summed E-state index contributed by atoms with van der Waals surface area (Å²) in [6.07, 6.45) is 7.55. The number of halogens is 3. The highest BCUT2D eigenvalue weighted by atomic mass is 35.5. The zero-order chi connectivity index (χ0) is 23.2. The van der Waals surface area contributed by atoms with Crippen molar-refractivity contribution in [1.82, 2.24) is 10.3 Å². The Bertz CT molecular complexity index is 1200. The van der Waals surface area contributed by atoms with Crippen molar-refractivity contribution >= 4 is 40.0 Å². The van der Waals surface area contributed by atoms with E-state index in [4.69, 9.17) is 23.2 Å². The number of nitrogens with one attached hydrogen (secondary N) is 1. The van der Waals surface area contributed by atoms with Crippen LogP contribution in [0.1, 0.15) is 62.5 Å². The number of carbonyl (C=O) groups excluding carboxylic acids is 1. The number of aromatic nitrogens is 1. The lowest BCUT2D eigenvalue weighted by Gasteiger charge is -2.33. The van der Waals surface area contributed by atoms with Crippen LogP contribution in [0.25, 0.3) is 10.9 Å². The predicted molar refractivity (Wildman–Crippen MR) is 131 cm³/mol. The lowest BCUT2D eigenvalue weighted by atomic mass is 9.73. The summed E-state index contributed by atoms with van der Waals surface area (Å²) in [5.41, 5.74) is 2.60. The second-order valence-corrected chi connectivity index (χ2v) is 10.5. The Hall–Kier alpha value is -2.17. The zero-order valence-corrected chi connectivity index (χ0v) is 20.1. The minimum Gasteiger partial charge on any atom is -0.346 e. The molecule has 1 N–H and O–H groups in total. The Balaban J connectivity index is 1.24. The molecule has 1 aromatic heterocycles. The molecule has 2 fully saturated rings. The molecule has 33 heavy (non-hydrogen) atoms. The van der Waals surface area contributed by atoms with E-state index in [0.717, 1.165) is 55.0 Å². The number of rotatable bonds is 5. The van der Waals surface area contributed by atoms with Crippen LogP contribution in [-0.4, -0.2) is 10.9 Å². The number of hydrogen-bond donors (Lipinski definition) is 1. The van der Waals surface area contributed by atoms with Crippen LogP contribution in [0.4, 0.5) is 4.39 Å². The van der Waals surface area contributed by atoms with E-state index in [1.54, 1.807) is 18.2 Å². The Morgan fingerprint density at radius 3 is 2.55 bits per heavy atom. The maximum absolute atomic E-state index is 13.9. The van der Waals surface area contributed by atoms with E-state index in [2.05, 4.69) is 10.3 Å². The molecule has 0 aliphatic heterocycles. The van der Waals surface area contributed by atoms with E-state index < -0.39 is 0 Å². The van der Waals surface area contributed by atoms with Crippen LogP contribution in [0.2, 0.25) is 10.0 Å². The minimum atomic E-state index is -0.357. The zero-order valence-electron chi connectivity index (χ0n) is 18.6. The Morgan fingerprint density at radius 1 is 1.09 bits per heavy atom. The molecule has 1 atom stereocenters. The number of hydrogen-bond acceptors (Lipinski definition) is 2. The van der Waals surface area contributed by atoms with Gasteiger partial charge in [0, 0.05) is 27.5 Å². The van der Waals surface area contributed by atoms with Gasteiger partial charge in [-0.05, 0) is 97.9 Å². The third-order valence-electron chi connectivity index (χ3n) is 7.63. The standard InChI is InChI=1S/C27H27Cl2FN2O/c1-16(26(33)32-27(11-12-27)23-8-6-19(28)14-24(23)29)17-2-4-18(5-3-17)21-10-13-31-25-9-7-20(30)15-22(21)25/h6-10,13-18H,2-5,11-12H2,1H3,(H,32,33)/t16-,17-,18+/m1/s1. The van der Waals surface area contributed by atoms with E-state index >= 15 is 0 Å². The molecule has 172 valence electrons. The smallest absolute Gasteiger partial charge is 0.223 e. The molecule has 0 spiro atoms. The summed E-state index contributed by atoms with van der Waals surface area (Å²) in [5, 5.41) is 5.41. The molecule has 0 bridgehead atoms. The normalized spacial score (nSPS) is 22.7. The van der Waals surface area contributed by atoms with Crippen LogP contribution in [0.15, 0.2) is 48.7 Å². The summed E-state index contributed by atoms with van der Waals surface area (Å²) < 4.78 is 13.9. The molecule has 3 aromatic rings. The third-order valence-corrected chi connectivity index (χ3v) is 8.18. The quantitative estimate of drug-likeness (QED) is 0.409. The molecule has 1 heterocycles. The summed E-state index contributed by atoms with van der Waals surface area (Å²) >= 11 is 12.5. The molecular formula is C27H27Cl2FN2O. The monoisotopic (exact) mass is 484 g/mol. The fourth-order valence-electron chi connectivity index (χ4n) is 5.45. The Labute approximate surface area is 203 Å². The Morgan fingerprint density at radius 2 is 1.85 bits per heavy atom. The van der Waals surface area contributed by atoms with Crippen molar-refractivity contribution in [1.29, 1.82) is 0 Å². The van der Waals surface area contributed by atoms with Gasteiger partial charge in [0.05, 0.1) is 11.1 Å². The van der Waals surface area contributed by atoms with E-state index in [1.807, 2.05) is 31.3 Å². The van der Waals surface area contributed by atoms with Crippen LogP contribution in [0.3, 0.4) is 0 Å². The number of benzene rings is 2. The highest BCUT2D eigenvalue weighted by Gasteiger charge is 2.48.